The number of rotatable bonds is 4. The molecule has 0 bridgehead atoms. The number of amides is 3. The number of hydrogen-bond donors (Lipinski definition) is 2. The third-order valence-corrected chi connectivity index (χ3v) is 9.48. The van der Waals surface area contributed by atoms with Crippen LogP contribution in [-0.2, 0) is 32.6 Å². The lowest BCUT2D eigenvalue weighted by atomic mass is 9.79. The number of carbonyl (C=O) groups is 3. The van der Waals surface area contributed by atoms with Crippen LogP contribution in [0.1, 0.15) is 54.4 Å². The molecular formula is C31H27Cl2N5O3. The summed E-state index contributed by atoms with van der Waals surface area (Å²) in [7, 11) is 0. The van der Waals surface area contributed by atoms with E-state index in [1.165, 1.54) is 4.90 Å². The van der Waals surface area contributed by atoms with Gasteiger partial charge in [-0.25, -0.2) is 4.98 Å². The van der Waals surface area contributed by atoms with Crippen LogP contribution in [0.5, 0.6) is 0 Å². The van der Waals surface area contributed by atoms with Crippen molar-refractivity contribution in [3.63, 3.8) is 0 Å². The number of halogens is 2. The first-order valence-corrected chi connectivity index (χ1v) is 14.6. The number of pyridine rings is 1. The van der Waals surface area contributed by atoms with E-state index in [1.54, 1.807) is 24.4 Å². The summed E-state index contributed by atoms with van der Waals surface area (Å²) in [6.07, 6.45) is 6.88. The summed E-state index contributed by atoms with van der Waals surface area (Å²) in [5, 5.41) is 6.63. The van der Waals surface area contributed by atoms with Crippen LogP contribution >= 0.6 is 23.2 Å². The lowest BCUT2D eigenvalue weighted by Crippen LogP contribution is -2.46. The highest BCUT2D eigenvalue weighted by Crippen LogP contribution is 2.47. The third-order valence-electron chi connectivity index (χ3n) is 8.85. The lowest BCUT2D eigenvalue weighted by Gasteiger charge is -2.29. The molecule has 1 saturated carbocycles. The Labute approximate surface area is 247 Å². The zero-order valence-electron chi connectivity index (χ0n) is 22.2. The molecule has 41 heavy (non-hydrogen) atoms. The predicted octanol–water partition coefficient (Wildman–Crippen LogP) is 5.31. The molecule has 10 heteroatoms. The molecule has 4 aliphatic rings. The Hall–Kier alpha value is -3.75. The van der Waals surface area contributed by atoms with Gasteiger partial charge in [-0.2, -0.15) is 0 Å². The number of anilines is 2. The first-order valence-electron chi connectivity index (χ1n) is 13.8. The molecule has 1 fully saturated rings. The molecule has 1 atom stereocenters. The molecular weight excluding hydrogens is 561 g/mol. The van der Waals surface area contributed by atoms with Gasteiger partial charge >= 0.3 is 0 Å². The maximum atomic E-state index is 13.8. The fraction of sp³-hybridized carbons (Fsp3) is 0.323. The van der Waals surface area contributed by atoms with Crippen LogP contribution in [0.2, 0.25) is 10.0 Å². The highest BCUT2D eigenvalue weighted by Gasteiger charge is 2.52. The molecule has 0 radical (unpaired) electrons. The standard InChI is InChI=1S/C31H27Cl2N5O3/c32-22-7-4-8-23(33)25(22)27-37-31(11-2-1-3-12-31)29(41)38(27)17-24(39)35-20-10-9-18-15-30(16-19(18)14-20)21-6-5-13-34-26(21)36-28(30)40/h4-10,13-14H,1-3,11-12,15-17H2,(H,35,39)(H,34,36,40)/t30-/m1/s1. The van der Waals surface area contributed by atoms with Crippen molar-refractivity contribution < 1.29 is 14.4 Å². The Kier molecular flexibility index (Phi) is 6.17. The Bertz CT molecular complexity index is 1640. The quantitative estimate of drug-likeness (QED) is 0.431. The zero-order chi connectivity index (χ0) is 28.4. The predicted molar refractivity (Wildman–Crippen MR) is 158 cm³/mol. The van der Waals surface area contributed by atoms with Crippen LogP contribution in [0.3, 0.4) is 0 Å². The SMILES string of the molecule is O=C(CN1C(=O)C2(CCCCC2)N=C1c1c(Cl)cccc1Cl)Nc1ccc2c(c1)C[C@@]1(C2)C(=O)Nc2ncccc21. The van der Waals surface area contributed by atoms with E-state index < -0.39 is 11.0 Å². The Morgan fingerprint density at radius 1 is 0.976 bits per heavy atom. The molecule has 1 aromatic heterocycles. The van der Waals surface area contributed by atoms with Crippen molar-refractivity contribution in [3.05, 3.63) is 87.0 Å². The minimum Gasteiger partial charge on any atom is -0.325 e. The number of amidine groups is 1. The molecule has 208 valence electrons. The smallest absolute Gasteiger partial charge is 0.256 e. The van der Waals surface area contributed by atoms with Gasteiger partial charge in [0.15, 0.2) is 0 Å². The Morgan fingerprint density at radius 3 is 2.51 bits per heavy atom. The summed E-state index contributed by atoms with van der Waals surface area (Å²) in [6, 6.07) is 14.6. The summed E-state index contributed by atoms with van der Waals surface area (Å²) in [4.78, 5) is 50.9. The largest absolute Gasteiger partial charge is 0.325 e. The number of benzene rings is 2. The van der Waals surface area contributed by atoms with E-state index in [-0.39, 0.29) is 24.3 Å². The average Bonchev–Trinajstić information content (AvgIpc) is 3.55. The van der Waals surface area contributed by atoms with Crippen molar-refractivity contribution in [1.29, 1.82) is 0 Å². The van der Waals surface area contributed by atoms with E-state index in [4.69, 9.17) is 28.2 Å². The monoisotopic (exact) mass is 587 g/mol. The van der Waals surface area contributed by atoms with Crippen LogP contribution in [-0.4, -0.2) is 45.5 Å². The molecule has 7 rings (SSSR count). The van der Waals surface area contributed by atoms with E-state index in [0.717, 1.165) is 36.0 Å². The maximum Gasteiger partial charge on any atom is 0.256 e. The number of hydrogen-bond acceptors (Lipinski definition) is 5. The third kappa shape index (κ3) is 4.15. The molecule has 2 aromatic carbocycles. The van der Waals surface area contributed by atoms with Gasteiger partial charge in [0.25, 0.3) is 5.91 Å². The van der Waals surface area contributed by atoms with Crippen molar-refractivity contribution in [2.45, 2.75) is 55.9 Å². The number of nitrogens with zero attached hydrogens (tertiary/aromatic N) is 3. The number of aliphatic imine (C=N–C) groups is 1. The summed E-state index contributed by atoms with van der Waals surface area (Å²) in [5.41, 5.74) is 2.46. The Morgan fingerprint density at radius 2 is 1.73 bits per heavy atom. The van der Waals surface area contributed by atoms with Gasteiger partial charge in [0.05, 0.1) is 21.0 Å². The first kappa shape index (κ1) is 26.2. The van der Waals surface area contributed by atoms with Crippen molar-refractivity contribution in [2.75, 3.05) is 17.2 Å². The van der Waals surface area contributed by atoms with Gasteiger partial charge in [0.2, 0.25) is 11.8 Å². The highest BCUT2D eigenvalue weighted by atomic mass is 35.5. The minimum absolute atomic E-state index is 0.0535. The topological polar surface area (TPSA) is 104 Å². The van der Waals surface area contributed by atoms with Gasteiger partial charge in [-0.05, 0) is 67.1 Å². The first-order chi connectivity index (χ1) is 19.8. The van der Waals surface area contributed by atoms with Crippen LogP contribution < -0.4 is 10.6 Å². The second-order valence-electron chi connectivity index (χ2n) is 11.3. The minimum atomic E-state index is -0.884. The maximum absolute atomic E-state index is 13.8. The molecule has 8 nitrogen and oxygen atoms in total. The fourth-order valence-corrected chi connectivity index (χ4v) is 7.43. The summed E-state index contributed by atoms with van der Waals surface area (Å²) < 4.78 is 0. The molecule has 2 spiro atoms. The lowest BCUT2D eigenvalue weighted by molar-refractivity contribution is -0.134. The second-order valence-corrected chi connectivity index (χ2v) is 12.2. The summed E-state index contributed by atoms with van der Waals surface area (Å²) in [5.74, 6) is 0.359. The van der Waals surface area contributed by atoms with E-state index in [9.17, 15) is 14.4 Å². The number of fused-ring (bicyclic) bond motifs is 3. The molecule has 2 aliphatic heterocycles. The molecule has 3 amide bonds. The van der Waals surface area contributed by atoms with Crippen LogP contribution in [0.4, 0.5) is 11.5 Å². The van der Waals surface area contributed by atoms with Gasteiger partial charge in [-0.3, -0.25) is 24.3 Å². The van der Waals surface area contributed by atoms with Gasteiger partial charge in [-0.15, -0.1) is 0 Å². The van der Waals surface area contributed by atoms with Crippen LogP contribution in [0, 0.1) is 0 Å². The summed E-state index contributed by atoms with van der Waals surface area (Å²) >= 11 is 13.1. The molecule has 0 unspecified atom stereocenters. The molecule has 2 N–H and O–H groups in total. The van der Waals surface area contributed by atoms with Crippen LogP contribution in [0.15, 0.2) is 59.7 Å². The normalized spacial score (nSPS) is 22.1. The fourth-order valence-electron chi connectivity index (χ4n) is 6.86. The zero-order valence-corrected chi connectivity index (χ0v) is 23.7. The van der Waals surface area contributed by atoms with Crippen LogP contribution in [0.25, 0.3) is 0 Å². The van der Waals surface area contributed by atoms with Gasteiger partial charge in [-0.1, -0.05) is 60.7 Å². The number of carbonyl (C=O) groups excluding carboxylic acids is 3. The van der Waals surface area contributed by atoms with Crippen molar-refractivity contribution in [3.8, 4) is 0 Å². The van der Waals surface area contributed by atoms with Crippen molar-refractivity contribution >= 4 is 58.3 Å². The molecule has 3 aromatic rings. The Balaban J connectivity index is 1.13. The second kappa shape index (κ2) is 9.67. The van der Waals surface area contributed by atoms with Gasteiger partial charge in [0.1, 0.15) is 23.7 Å². The number of aromatic nitrogens is 1. The molecule has 0 saturated heterocycles. The van der Waals surface area contributed by atoms with E-state index in [0.29, 0.717) is 58.6 Å². The summed E-state index contributed by atoms with van der Waals surface area (Å²) in [6.45, 7) is -0.219. The number of nitrogens with one attached hydrogen (secondary N) is 2. The van der Waals surface area contributed by atoms with E-state index in [1.807, 2.05) is 30.3 Å². The van der Waals surface area contributed by atoms with E-state index in [2.05, 4.69) is 15.6 Å². The highest BCUT2D eigenvalue weighted by molar-refractivity contribution is 6.41. The van der Waals surface area contributed by atoms with Gasteiger partial charge < -0.3 is 10.6 Å². The molecule has 3 heterocycles. The van der Waals surface area contributed by atoms with Crippen molar-refractivity contribution in [2.24, 2.45) is 4.99 Å². The average molecular weight is 588 g/mol. The van der Waals surface area contributed by atoms with Gasteiger partial charge in [0, 0.05) is 17.4 Å². The van der Waals surface area contributed by atoms with E-state index >= 15 is 0 Å². The molecule has 2 aliphatic carbocycles. The van der Waals surface area contributed by atoms with Crippen molar-refractivity contribution in [1.82, 2.24) is 9.88 Å².